The van der Waals surface area contributed by atoms with E-state index in [9.17, 15) is 9.59 Å². The van der Waals surface area contributed by atoms with Crippen molar-refractivity contribution >= 4 is 40.4 Å². The highest BCUT2D eigenvalue weighted by Crippen LogP contribution is 2.36. The van der Waals surface area contributed by atoms with Gasteiger partial charge in [-0.15, -0.1) is 0 Å². The molecule has 162 valence electrons. The van der Waals surface area contributed by atoms with Crippen LogP contribution in [-0.2, 0) is 9.59 Å². The first-order valence-corrected chi connectivity index (χ1v) is 10.9. The predicted molar refractivity (Wildman–Crippen MR) is 131 cm³/mol. The monoisotopic (exact) mass is 444 g/mol. The van der Waals surface area contributed by atoms with Crippen molar-refractivity contribution < 1.29 is 9.59 Å². The minimum absolute atomic E-state index is 0.276. The Morgan fingerprint density at radius 1 is 0.719 bits per heavy atom. The zero-order valence-electron chi connectivity index (χ0n) is 18.8. The SMILES string of the molecule is Cc1cc(C)cc(NC2=C(c3ccc(C)c(C)c3)C(=O)N(c3ccc(Cl)cc3C)C2=O)c1. The Balaban J connectivity index is 1.88. The van der Waals surface area contributed by atoms with Crippen LogP contribution in [0.15, 0.2) is 60.3 Å². The number of aryl methyl sites for hydroxylation is 5. The van der Waals surface area contributed by atoms with Crippen molar-refractivity contribution in [2.24, 2.45) is 0 Å². The van der Waals surface area contributed by atoms with Gasteiger partial charge in [0.15, 0.2) is 0 Å². The summed E-state index contributed by atoms with van der Waals surface area (Å²) in [6.07, 6.45) is 0. The number of carbonyl (C=O) groups is 2. The zero-order valence-corrected chi connectivity index (χ0v) is 19.6. The maximum absolute atomic E-state index is 13.7. The van der Waals surface area contributed by atoms with Gasteiger partial charge in [0.25, 0.3) is 11.8 Å². The van der Waals surface area contributed by atoms with E-state index in [1.54, 1.807) is 18.2 Å². The van der Waals surface area contributed by atoms with Crippen molar-refractivity contribution in [3.63, 3.8) is 0 Å². The van der Waals surface area contributed by atoms with Gasteiger partial charge in [0.05, 0.1) is 11.3 Å². The van der Waals surface area contributed by atoms with Crippen LogP contribution in [0.4, 0.5) is 11.4 Å². The highest BCUT2D eigenvalue weighted by Gasteiger charge is 2.41. The van der Waals surface area contributed by atoms with Gasteiger partial charge in [0, 0.05) is 10.7 Å². The Kier molecular flexibility index (Phi) is 5.66. The lowest BCUT2D eigenvalue weighted by molar-refractivity contribution is -0.120. The number of rotatable bonds is 4. The Morgan fingerprint density at radius 2 is 1.41 bits per heavy atom. The molecule has 0 aliphatic carbocycles. The number of amides is 2. The van der Waals surface area contributed by atoms with Crippen LogP contribution in [0.25, 0.3) is 5.57 Å². The Bertz CT molecular complexity index is 1290. The molecule has 1 heterocycles. The van der Waals surface area contributed by atoms with Crippen LogP contribution in [0.2, 0.25) is 5.02 Å². The van der Waals surface area contributed by atoms with E-state index < -0.39 is 0 Å². The van der Waals surface area contributed by atoms with Gasteiger partial charge in [-0.25, -0.2) is 4.90 Å². The molecule has 2 amide bonds. The average molecular weight is 445 g/mol. The van der Waals surface area contributed by atoms with E-state index in [4.69, 9.17) is 11.6 Å². The van der Waals surface area contributed by atoms with Crippen LogP contribution in [0.5, 0.6) is 0 Å². The molecule has 0 unspecified atom stereocenters. The number of carbonyl (C=O) groups excluding carboxylic acids is 2. The van der Waals surface area contributed by atoms with Gasteiger partial charge in [0.2, 0.25) is 0 Å². The number of hydrogen-bond donors (Lipinski definition) is 1. The van der Waals surface area contributed by atoms with Crippen molar-refractivity contribution in [3.05, 3.63) is 98.7 Å². The Labute approximate surface area is 193 Å². The topological polar surface area (TPSA) is 49.4 Å². The summed E-state index contributed by atoms with van der Waals surface area (Å²) < 4.78 is 0. The van der Waals surface area contributed by atoms with Crippen molar-refractivity contribution in [1.29, 1.82) is 0 Å². The molecule has 1 aliphatic rings. The first-order chi connectivity index (χ1) is 15.2. The fourth-order valence-corrected chi connectivity index (χ4v) is 4.32. The zero-order chi connectivity index (χ0) is 23.2. The molecule has 0 radical (unpaired) electrons. The second-order valence-corrected chi connectivity index (χ2v) is 8.86. The van der Waals surface area contributed by atoms with Crippen molar-refractivity contribution in [1.82, 2.24) is 0 Å². The third-order valence-electron chi connectivity index (χ3n) is 5.77. The number of benzene rings is 3. The van der Waals surface area contributed by atoms with E-state index in [0.29, 0.717) is 21.8 Å². The molecule has 0 saturated heterocycles. The molecule has 0 atom stereocenters. The van der Waals surface area contributed by atoms with Crippen LogP contribution in [0, 0.1) is 34.6 Å². The minimum atomic E-state index is -0.382. The maximum Gasteiger partial charge on any atom is 0.282 e. The quantitative estimate of drug-likeness (QED) is 0.482. The molecular formula is C27H25ClN2O2. The fourth-order valence-electron chi connectivity index (χ4n) is 4.09. The van der Waals surface area contributed by atoms with E-state index in [-0.39, 0.29) is 17.5 Å². The second-order valence-electron chi connectivity index (χ2n) is 8.43. The van der Waals surface area contributed by atoms with E-state index >= 15 is 0 Å². The standard InChI is InChI=1S/C27H25ClN2O2/c1-15-10-16(2)12-22(11-15)29-25-24(20-7-6-17(3)18(4)13-20)26(31)30(27(25)32)23-9-8-21(28)14-19(23)5/h6-14,29H,1-5H3. The molecular weight excluding hydrogens is 420 g/mol. The maximum atomic E-state index is 13.7. The number of nitrogens with zero attached hydrogens (tertiary/aromatic N) is 1. The number of hydrogen-bond acceptors (Lipinski definition) is 3. The van der Waals surface area contributed by atoms with Gasteiger partial charge in [-0.05, 0) is 98.3 Å². The number of anilines is 2. The fraction of sp³-hybridized carbons (Fsp3) is 0.185. The largest absolute Gasteiger partial charge is 0.350 e. The van der Waals surface area contributed by atoms with Gasteiger partial charge in [0.1, 0.15) is 5.70 Å². The molecule has 0 spiro atoms. The van der Waals surface area contributed by atoms with Gasteiger partial charge in [-0.1, -0.05) is 35.9 Å². The third-order valence-corrected chi connectivity index (χ3v) is 6.01. The van der Waals surface area contributed by atoms with Gasteiger partial charge in [-0.2, -0.15) is 0 Å². The normalized spacial score (nSPS) is 13.9. The highest BCUT2D eigenvalue weighted by atomic mass is 35.5. The number of imide groups is 1. The lowest BCUT2D eigenvalue weighted by Gasteiger charge is -2.18. The summed E-state index contributed by atoms with van der Waals surface area (Å²) in [5, 5.41) is 3.81. The van der Waals surface area contributed by atoms with Crippen LogP contribution < -0.4 is 10.2 Å². The van der Waals surface area contributed by atoms with Crippen molar-refractivity contribution in [2.45, 2.75) is 34.6 Å². The summed E-state index contributed by atoms with van der Waals surface area (Å²) in [5.41, 5.74) is 7.74. The summed E-state index contributed by atoms with van der Waals surface area (Å²) in [6.45, 7) is 9.86. The molecule has 3 aromatic carbocycles. The molecule has 0 aromatic heterocycles. The summed E-state index contributed by atoms with van der Waals surface area (Å²) in [4.78, 5) is 28.5. The van der Waals surface area contributed by atoms with E-state index in [1.165, 1.54) is 4.90 Å². The predicted octanol–water partition coefficient (Wildman–Crippen LogP) is 6.28. The van der Waals surface area contributed by atoms with Crippen LogP contribution in [0.3, 0.4) is 0 Å². The van der Waals surface area contributed by atoms with Crippen LogP contribution >= 0.6 is 11.6 Å². The van der Waals surface area contributed by atoms with Crippen LogP contribution in [-0.4, -0.2) is 11.8 Å². The lowest BCUT2D eigenvalue weighted by Crippen LogP contribution is -2.33. The molecule has 0 bridgehead atoms. The lowest BCUT2D eigenvalue weighted by atomic mass is 9.99. The van der Waals surface area contributed by atoms with Crippen molar-refractivity contribution in [2.75, 3.05) is 10.2 Å². The van der Waals surface area contributed by atoms with Crippen LogP contribution in [0.1, 0.15) is 33.4 Å². The molecule has 32 heavy (non-hydrogen) atoms. The van der Waals surface area contributed by atoms with Gasteiger partial charge < -0.3 is 5.32 Å². The van der Waals surface area contributed by atoms with Gasteiger partial charge in [-0.3, -0.25) is 9.59 Å². The molecule has 4 rings (SSSR count). The number of halogens is 1. The summed E-state index contributed by atoms with van der Waals surface area (Å²) in [5.74, 6) is -0.733. The smallest absolute Gasteiger partial charge is 0.282 e. The number of nitrogens with one attached hydrogen (secondary N) is 1. The third kappa shape index (κ3) is 3.94. The molecule has 5 heteroatoms. The van der Waals surface area contributed by atoms with Crippen molar-refractivity contribution in [3.8, 4) is 0 Å². The molecule has 3 aromatic rings. The first kappa shape index (κ1) is 21.8. The Morgan fingerprint density at radius 3 is 2.03 bits per heavy atom. The molecule has 0 fully saturated rings. The molecule has 0 saturated carbocycles. The molecule has 4 nitrogen and oxygen atoms in total. The first-order valence-electron chi connectivity index (χ1n) is 10.5. The highest BCUT2D eigenvalue weighted by molar-refractivity contribution is 6.46. The molecule has 1 N–H and O–H groups in total. The second kappa shape index (κ2) is 8.29. The summed E-state index contributed by atoms with van der Waals surface area (Å²) >= 11 is 6.11. The Hall–Kier alpha value is -3.37. The summed E-state index contributed by atoms with van der Waals surface area (Å²) in [7, 11) is 0. The summed E-state index contributed by atoms with van der Waals surface area (Å²) in [6, 6.07) is 17.0. The van der Waals surface area contributed by atoms with Gasteiger partial charge >= 0.3 is 0 Å². The minimum Gasteiger partial charge on any atom is -0.350 e. The average Bonchev–Trinajstić information content (AvgIpc) is 2.94. The molecule has 1 aliphatic heterocycles. The van der Waals surface area contributed by atoms with E-state index in [2.05, 4.69) is 11.4 Å². The van der Waals surface area contributed by atoms with E-state index in [1.807, 2.05) is 65.0 Å². The van der Waals surface area contributed by atoms with E-state index in [0.717, 1.165) is 33.5 Å².